The highest BCUT2D eigenvalue weighted by Gasteiger charge is 2.30. The summed E-state index contributed by atoms with van der Waals surface area (Å²) in [4.78, 5) is 12.5. The summed E-state index contributed by atoms with van der Waals surface area (Å²) in [5.41, 5.74) is 3.19. The molecule has 6 heteroatoms. The Hall–Kier alpha value is -2.34. The molecule has 30 heavy (non-hydrogen) atoms. The Balaban J connectivity index is 2.31. The number of thiophene rings is 1. The second-order valence-corrected chi connectivity index (χ2v) is 9.17. The molecular weight excluding hydrogens is 409 g/mol. The van der Waals surface area contributed by atoms with Crippen LogP contribution >= 0.6 is 11.3 Å². The van der Waals surface area contributed by atoms with Gasteiger partial charge in [0.15, 0.2) is 12.4 Å². The summed E-state index contributed by atoms with van der Waals surface area (Å²) >= 11 is 1.39. The third-order valence-corrected chi connectivity index (χ3v) is 6.21. The first-order valence-electron chi connectivity index (χ1n) is 9.89. The Bertz CT molecular complexity index is 1080. The molecule has 0 aliphatic carbocycles. The quantitative estimate of drug-likeness (QED) is 0.368. The van der Waals surface area contributed by atoms with Gasteiger partial charge in [-0.2, -0.15) is 13.2 Å². The summed E-state index contributed by atoms with van der Waals surface area (Å²) in [6.45, 7) is 8.17. The van der Waals surface area contributed by atoms with Crippen LogP contribution in [-0.4, -0.2) is 18.6 Å². The highest BCUT2D eigenvalue weighted by atomic mass is 32.1. The van der Waals surface area contributed by atoms with E-state index in [1.807, 2.05) is 50.2 Å². The molecule has 1 aromatic heterocycles. The largest absolute Gasteiger partial charge is 0.483 e. The average molecular weight is 435 g/mol. The molecule has 0 aliphatic rings. The number of fused-ring (bicyclic) bond motifs is 1. The molecule has 0 radical (unpaired) electrons. The predicted octanol–water partition coefficient (Wildman–Crippen LogP) is 7.96. The maximum absolute atomic E-state index is 13.0. The lowest BCUT2D eigenvalue weighted by Gasteiger charge is -2.22. The fraction of sp³-hybridized carbons (Fsp3) is 0.375. The van der Waals surface area contributed by atoms with Gasteiger partial charge in [-0.1, -0.05) is 45.9 Å². The minimum absolute atomic E-state index is 0.0138. The first-order valence-corrected chi connectivity index (χ1v) is 10.7. The second-order valence-electron chi connectivity index (χ2n) is 8.08. The molecule has 3 aromatic rings. The molecule has 0 bridgehead atoms. The van der Waals surface area contributed by atoms with E-state index in [1.165, 1.54) is 18.3 Å². The van der Waals surface area contributed by atoms with Crippen molar-refractivity contribution in [2.75, 3.05) is 6.61 Å². The van der Waals surface area contributed by atoms with Crippen molar-refractivity contribution < 1.29 is 22.7 Å². The number of ketones is 1. The second kappa shape index (κ2) is 8.42. The summed E-state index contributed by atoms with van der Waals surface area (Å²) in [5, 5.41) is 0.847. The SMILES string of the molecule is CC(=O)c1cc2c(-c3cc(C(C)C)cc(C(C)C)c3OCC(F)(F)F)cccc2s1. The molecule has 2 aromatic carbocycles. The Morgan fingerprint density at radius 3 is 2.30 bits per heavy atom. The molecular formula is C24H25F3O2S. The summed E-state index contributed by atoms with van der Waals surface area (Å²) in [6.07, 6.45) is -4.43. The minimum Gasteiger partial charge on any atom is -0.483 e. The minimum atomic E-state index is -4.43. The molecule has 0 spiro atoms. The molecule has 0 saturated carbocycles. The van der Waals surface area contributed by atoms with Crippen LogP contribution in [0.3, 0.4) is 0 Å². The van der Waals surface area contributed by atoms with Crippen LogP contribution in [0.4, 0.5) is 13.2 Å². The van der Waals surface area contributed by atoms with E-state index in [0.717, 1.165) is 26.8 Å². The van der Waals surface area contributed by atoms with Crippen molar-refractivity contribution in [3.8, 4) is 16.9 Å². The van der Waals surface area contributed by atoms with Crippen molar-refractivity contribution in [1.82, 2.24) is 0 Å². The van der Waals surface area contributed by atoms with Crippen LogP contribution in [0.25, 0.3) is 21.2 Å². The maximum atomic E-state index is 13.0. The highest BCUT2D eigenvalue weighted by molar-refractivity contribution is 7.20. The number of ether oxygens (including phenoxy) is 1. The van der Waals surface area contributed by atoms with Crippen molar-refractivity contribution >= 4 is 27.2 Å². The number of benzene rings is 2. The number of rotatable bonds is 6. The Labute approximate surface area is 178 Å². The third kappa shape index (κ3) is 4.69. The van der Waals surface area contributed by atoms with Gasteiger partial charge in [0.2, 0.25) is 0 Å². The predicted molar refractivity (Wildman–Crippen MR) is 117 cm³/mol. The number of carbonyl (C=O) groups excluding carboxylic acids is 1. The number of alkyl halides is 3. The number of hydrogen-bond donors (Lipinski definition) is 0. The molecule has 2 nitrogen and oxygen atoms in total. The van der Waals surface area contributed by atoms with Crippen LogP contribution in [0.1, 0.15) is 67.3 Å². The molecule has 1 heterocycles. The first-order chi connectivity index (χ1) is 14.0. The summed E-state index contributed by atoms with van der Waals surface area (Å²) in [7, 11) is 0. The van der Waals surface area contributed by atoms with Gasteiger partial charge in [0.1, 0.15) is 5.75 Å². The monoisotopic (exact) mass is 434 g/mol. The lowest BCUT2D eigenvalue weighted by atomic mass is 9.88. The van der Waals surface area contributed by atoms with Crippen LogP contribution in [0.15, 0.2) is 36.4 Å². The standard InChI is InChI=1S/C24H25F3O2S/c1-13(2)16-9-18(14(3)4)23(29-12-24(25,26)27)20(10-16)17-7-6-8-21-19(17)11-22(30-21)15(5)28/h6-11,13-14H,12H2,1-5H3. The third-order valence-electron chi connectivity index (χ3n) is 5.01. The van der Waals surface area contributed by atoms with Gasteiger partial charge in [0.25, 0.3) is 0 Å². The lowest BCUT2D eigenvalue weighted by molar-refractivity contribution is -0.153. The molecule has 0 unspecified atom stereocenters. The molecule has 3 rings (SSSR count). The molecule has 160 valence electrons. The zero-order valence-electron chi connectivity index (χ0n) is 17.7. The maximum Gasteiger partial charge on any atom is 0.422 e. The molecule has 0 saturated heterocycles. The van der Waals surface area contributed by atoms with Crippen molar-refractivity contribution in [3.63, 3.8) is 0 Å². The van der Waals surface area contributed by atoms with E-state index in [2.05, 4.69) is 13.8 Å². The summed E-state index contributed by atoms with van der Waals surface area (Å²) in [6, 6.07) is 11.3. The highest BCUT2D eigenvalue weighted by Crippen LogP contribution is 2.44. The fourth-order valence-electron chi connectivity index (χ4n) is 3.42. The van der Waals surface area contributed by atoms with Crippen molar-refractivity contribution in [2.45, 2.75) is 52.6 Å². The van der Waals surface area contributed by atoms with E-state index in [0.29, 0.717) is 10.4 Å². The fourth-order valence-corrected chi connectivity index (χ4v) is 4.40. The van der Waals surface area contributed by atoms with E-state index in [4.69, 9.17) is 4.74 Å². The average Bonchev–Trinajstić information content (AvgIpc) is 3.09. The van der Waals surface area contributed by atoms with Crippen LogP contribution in [0.5, 0.6) is 5.75 Å². The van der Waals surface area contributed by atoms with Crippen molar-refractivity contribution in [3.05, 3.63) is 52.4 Å². The van der Waals surface area contributed by atoms with Gasteiger partial charge in [-0.3, -0.25) is 4.79 Å². The Morgan fingerprint density at radius 1 is 1.03 bits per heavy atom. The van der Waals surface area contributed by atoms with E-state index in [1.54, 1.807) is 0 Å². The summed E-state index contributed by atoms with van der Waals surface area (Å²) in [5.74, 6) is 0.414. The molecule has 0 atom stereocenters. The topological polar surface area (TPSA) is 26.3 Å². The van der Waals surface area contributed by atoms with Crippen LogP contribution in [-0.2, 0) is 0 Å². The zero-order valence-corrected chi connectivity index (χ0v) is 18.5. The number of carbonyl (C=O) groups is 1. The van der Waals surface area contributed by atoms with Crippen molar-refractivity contribution in [2.24, 2.45) is 0 Å². The number of halogens is 3. The van der Waals surface area contributed by atoms with Crippen LogP contribution in [0.2, 0.25) is 0 Å². The molecule has 0 N–H and O–H groups in total. The van der Waals surface area contributed by atoms with Crippen LogP contribution < -0.4 is 4.74 Å². The number of hydrogen-bond acceptors (Lipinski definition) is 3. The molecule has 0 amide bonds. The smallest absolute Gasteiger partial charge is 0.422 e. The zero-order chi connectivity index (χ0) is 22.2. The molecule has 0 aliphatic heterocycles. The van der Waals surface area contributed by atoms with E-state index >= 15 is 0 Å². The van der Waals surface area contributed by atoms with Gasteiger partial charge < -0.3 is 4.74 Å². The first kappa shape index (κ1) is 22.3. The van der Waals surface area contributed by atoms with Gasteiger partial charge in [-0.15, -0.1) is 11.3 Å². The number of Topliss-reactive ketones (excluding diaryl/α,β-unsaturated/α-hetero) is 1. The lowest BCUT2D eigenvalue weighted by Crippen LogP contribution is -2.20. The van der Waals surface area contributed by atoms with E-state index < -0.39 is 12.8 Å². The van der Waals surface area contributed by atoms with Crippen LogP contribution in [0, 0.1) is 0 Å². The van der Waals surface area contributed by atoms with Gasteiger partial charge in [-0.25, -0.2) is 0 Å². The molecule has 0 fully saturated rings. The van der Waals surface area contributed by atoms with Gasteiger partial charge in [0.05, 0.1) is 4.88 Å². The Kier molecular flexibility index (Phi) is 6.27. The Morgan fingerprint density at radius 2 is 1.73 bits per heavy atom. The van der Waals surface area contributed by atoms with Gasteiger partial charge in [-0.05, 0) is 53.6 Å². The summed E-state index contributed by atoms with van der Waals surface area (Å²) < 4.78 is 45.3. The van der Waals surface area contributed by atoms with E-state index in [-0.39, 0.29) is 23.4 Å². The van der Waals surface area contributed by atoms with Gasteiger partial charge in [0, 0.05) is 15.6 Å². The van der Waals surface area contributed by atoms with E-state index in [9.17, 15) is 18.0 Å². The van der Waals surface area contributed by atoms with Gasteiger partial charge >= 0.3 is 6.18 Å². The normalized spacial score (nSPS) is 12.2. The van der Waals surface area contributed by atoms with Crippen molar-refractivity contribution in [1.29, 1.82) is 0 Å².